The molecule has 0 unspecified atom stereocenters. The van der Waals surface area contributed by atoms with Crippen LogP contribution in [0.25, 0.3) is 0 Å². The van der Waals surface area contributed by atoms with Crippen LogP contribution in [-0.2, 0) is 0 Å². The van der Waals surface area contributed by atoms with Crippen LogP contribution in [0, 0.1) is 6.92 Å². The molecule has 16 heavy (non-hydrogen) atoms. The van der Waals surface area contributed by atoms with Crippen LogP contribution in [0.4, 0.5) is 5.69 Å². The van der Waals surface area contributed by atoms with Crippen LogP contribution in [0.15, 0.2) is 18.2 Å². The Morgan fingerprint density at radius 2 is 2.06 bits per heavy atom. The van der Waals surface area contributed by atoms with Crippen LogP contribution in [0.2, 0.25) is 0 Å². The molecule has 0 radical (unpaired) electrons. The predicted molar refractivity (Wildman–Crippen MR) is 65.3 cm³/mol. The lowest BCUT2D eigenvalue weighted by atomic mass is 10.1. The molecule has 1 saturated carbocycles. The van der Waals surface area contributed by atoms with Crippen LogP contribution in [0.5, 0.6) is 0 Å². The maximum absolute atomic E-state index is 12.0. The van der Waals surface area contributed by atoms with Gasteiger partial charge in [0.2, 0.25) is 0 Å². The third-order valence-electron chi connectivity index (χ3n) is 3.20. The highest BCUT2D eigenvalue weighted by atomic mass is 16.1. The Kier molecular flexibility index (Phi) is 3.13. The summed E-state index contributed by atoms with van der Waals surface area (Å²) >= 11 is 0. The van der Waals surface area contributed by atoms with Gasteiger partial charge < -0.3 is 11.1 Å². The fraction of sp³-hybridized carbons (Fsp3) is 0.462. The highest BCUT2D eigenvalue weighted by Crippen LogP contribution is 2.19. The summed E-state index contributed by atoms with van der Waals surface area (Å²) in [5, 5.41) is 3.07. The molecule has 1 aromatic carbocycles. The second kappa shape index (κ2) is 4.56. The number of nitrogens with one attached hydrogen (secondary N) is 1. The summed E-state index contributed by atoms with van der Waals surface area (Å²) in [5.41, 5.74) is 8.01. The minimum absolute atomic E-state index is 0.0108. The Labute approximate surface area is 96.0 Å². The molecule has 1 fully saturated rings. The minimum atomic E-state index is 0.0108. The van der Waals surface area contributed by atoms with Gasteiger partial charge in [-0.3, -0.25) is 4.79 Å². The zero-order chi connectivity index (χ0) is 11.5. The van der Waals surface area contributed by atoms with E-state index in [4.69, 9.17) is 5.73 Å². The zero-order valence-electron chi connectivity index (χ0n) is 9.62. The number of aryl methyl sites for hydroxylation is 1. The Hall–Kier alpha value is -1.51. The lowest BCUT2D eigenvalue weighted by molar-refractivity contribution is 0.0937. The maximum Gasteiger partial charge on any atom is 0.251 e. The van der Waals surface area contributed by atoms with Gasteiger partial charge in [0.25, 0.3) is 5.91 Å². The van der Waals surface area contributed by atoms with Gasteiger partial charge in [-0.1, -0.05) is 18.9 Å². The molecule has 0 heterocycles. The molecule has 0 saturated heterocycles. The number of carbonyl (C=O) groups excluding carboxylic acids is 1. The summed E-state index contributed by atoms with van der Waals surface area (Å²) < 4.78 is 0. The number of benzene rings is 1. The van der Waals surface area contributed by atoms with Crippen molar-refractivity contribution in [2.24, 2.45) is 0 Å². The number of hydrogen-bond acceptors (Lipinski definition) is 2. The van der Waals surface area contributed by atoms with E-state index >= 15 is 0 Å². The third-order valence-corrected chi connectivity index (χ3v) is 3.20. The zero-order valence-corrected chi connectivity index (χ0v) is 9.62. The number of nitrogen functional groups attached to an aromatic ring is 1. The summed E-state index contributed by atoms with van der Waals surface area (Å²) in [6.45, 7) is 1.93. The predicted octanol–water partition coefficient (Wildman–Crippen LogP) is 2.25. The summed E-state index contributed by atoms with van der Waals surface area (Å²) in [6, 6.07) is 5.81. The van der Waals surface area contributed by atoms with E-state index in [0.29, 0.717) is 17.3 Å². The minimum Gasteiger partial charge on any atom is -0.399 e. The molecule has 86 valence electrons. The second-order valence-electron chi connectivity index (χ2n) is 4.53. The summed E-state index contributed by atoms with van der Waals surface area (Å²) in [4.78, 5) is 12.0. The molecule has 3 nitrogen and oxygen atoms in total. The summed E-state index contributed by atoms with van der Waals surface area (Å²) in [6.07, 6.45) is 4.65. The lowest BCUT2D eigenvalue weighted by Crippen LogP contribution is -2.33. The van der Waals surface area contributed by atoms with Gasteiger partial charge in [-0.25, -0.2) is 0 Å². The van der Waals surface area contributed by atoms with Crippen LogP contribution in [0.3, 0.4) is 0 Å². The fourth-order valence-corrected chi connectivity index (χ4v) is 2.22. The average molecular weight is 218 g/mol. The highest BCUT2D eigenvalue weighted by Gasteiger charge is 2.18. The van der Waals surface area contributed by atoms with Crippen molar-refractivity contribution in [3.63, 3.8) is 0 Å². The van der Waals surface area contributed by atoms with E-state index in [1.54, 1.807) is 6.07 Å². The Morgan fingerprint density at radius 3 is 2.75 bits per heavy atom. The van der Waals surface area contributed by atoms with Crippen LogP contribution in [0.1, 0.15) is 41.6 Å². The molecule has 1 aliphatic rings. The maximum atomic E-state index is 12.0. The van der Waals surface area contributed by atoms with E-state index in [9.17, 15) is 4.79 Å². The Balaban J connectivity index is 2.10. The van der Waals surface area contributed by atoms with Gasteiger partial charge in [-0.2, -0.15) is 0 Å². The van der Waals surface area contributed by atoms with Crippen molar-refractivity contribution in [2.75, 3.05) is 5.73 Å². The van der Waals surface area contributed by atoms with E-state index in [1.165, 1.54) is 12.8 Å². The van der Waals surface area contributed by atoms with Crippen molar-refractivity contribution >= 4 is 11.6 Å². The molecule has 0 aliphatic heterocycles. The second-order valence-corrected chi connectivity index (χ2v) is 4.53. The van der Waals surface area contributed by atoms with Crippen LogP contribution >= 0.6 is 0 Å². The molecule has 1 aromatic rings. The summed E-state index contributed by atoms with van der Waals surface area (Å²) in [7, 11) is 0. The monoisotopic (exact) mass is 218 g/mol. The largest absolute Gasteiger partial charge is 0.399 e. The molecule has 1 amide bonds. The molecule has 0 aromatic heterocycles. The van der Waals surface area contributed by atoms with E-state index in [1.807, 2.05) is 19.1 Å². The average Bonchev–Trinajstić information content (AvgIpc) is 2.74. The molecule has 0 bridgehead atoms. The molecule has 0 atom stereocenters. The van der Waals surface area contributed by atoms with Gasteiger partial charge in [0.1, 0.15) is 0 Å². The Bertz CT molecular complexity index is 395. The van der Waals surface area contributed by atoms with E-state index in [-0.39, 0.29) is 5.91 Å². The van der Waals surface area contributed by atoms with E-state index in [0.717, 1.165) is 18.4 Å². The first kappa shape index (κ1) is 11.0. The van der Waals surface area contributed by atoms with Crippen LogP contribution in [-0.4, -0.2) is 11.9 Å². The number of rotatable bonds is 2. The first-order chi connectivity index (χ1) is 7.66. The van der Waals surface area contributed by atoms with Crippen molar-refractivity contribution in [1.82, 2.24) is 5.32 Å². The molecular formula is C13H18N2O. The van der Waals surface area contributed by atoms with Crippen molar-refractivity contribution in [1.29, 1.82) is 0 Å². The smallest absolute Gasteiger partial charge is 0.251 e. The SMILES string of the molecule is Cc1ccc(N)cc1C(=O)NC1CCCC1. The molecule has 3 heteroatoms. The number of hydrogen-bond donors (Lipinski definition) is 2. The van der Waals surface area contributed by atoms with Crippen LogP contribution < -0.4 is 11.1 Å². The Morgan fingerprint density at radius 1 is 1.38 bits per heavy atom. The van der Waals surface area contributed by atoms with Gasteiger partial charge in [0, 0.05) is 17.3 Å². The molecule has 2 rings (SSSR count). The van der Waals surface area contributed by atoms with Gasteiger partial charge in [-0.05, 0) is 37.5 Å². The third kappa shape index (κ3) is 2.35. The van der Waals surface area contributed by atoms with E-state index < -0.39 is 0 Å². The topological polar surface area (TPSA) is 55.1 Å². The summed E-state index contributed by atoms with van der Waals surface area (Å²) in [5.74, 6) is 0.0108. The van der Waals surface area contributed by atoms with Gasteiger partial charge >= 0.3 is 0 Å². The number of nitrogens with two attached hydrogens (primary N) is 1. The van der Waals surface area contributed by atoms with Crippen molar-refractivity contribution in [2.45, 2.75) is 38.6 Å². The first-order valence-electron chi connectivity index (χ1n) is 5.84. The van der Waals surface area contributed by atoms with Crippen molar-refractivity contribution in [3.05, 3.63) is 29.3 Å². The van der Waals surface area contributed by atoms with Gasteiger partial charge in [0.05, 0.1) is 0 Å². The standard InChI is InChI=1S/C13H18N2O/c1-9-6-7-10(14)8-12(9)13(16)15-11-4-2-3-5-11/h6-8,11H,2-5,14H2,1H3,(H,15,16). The van der Waals surface area contributed by atoms with Crippen molar-refractivity contribution in [3.8, 4) is 0 Å². The van der Waals surface area contributed by atoms with Gasteiger partial charge in [0.15, 0.2) is 0 Å². The fourth-order valence-electron chi connectivity index (χ4n) is 2.22. The lowest BCUT2D eigenvalue weighted by Gasteiger charge is -2.13. The molecule has 1 aliphatic carbocycles. The number of anilines is 1. The quantitative estimate of drug-likeness (QED) is 0.748. The number of carbonyl (C=O) groups is 1. The number of amides is 1. The molecular weight excluding hydrogens is 200 g/mol. The molecule has 0 spiro atoms. The first-order valence-corrected chi connectivity index (χ1v) is 5.84. The van der Waals surface area contributed by atoms with Crippen molar-refractivity contribution < 1.29 is 4.79 Å². The highest BCUT2D eigenvalue weighted by molar-refractivity contribution is 5.96. The molecule has 3 N–H and O–H groups in total. The normalized spacial score (nSPS) is 16.3. The van der Waals surface area contributed by atoms with Gasteiger partial charge in [-0.15, -0.1) is 0 Å². The van der Waals surface area contributed by atoms with E-state index in [2.05, 4.69) is 5.32 Å².